The van der Waals surface area contributed by atoms with Gasteiger partial charge in [-0.05, 0) is 752 Å². The second kappa shape index (κ2) is 30.9. The SMILES string of the molecule is CC1=c2c(-c3c(C)c(C)c(C)c4c3-c3c(C)c(C)c(C)c(C)c3C4)c3c(C)c(C)c(C)c(C)c3c(-c3c(C)c(C)c4c(C)c(-c5c(C)c(C)c(C)c(C)c5C)c(C)c(C)c4c3C)c2=C(C)C(C)C1C.Cc1c(C)c(C)c2c(c1C)Cc1c(C)c(C)c(C)c(-c3c4c(C)c(C)c(C)c(C)c4c(-c4c(C)c(C)c5c(C)c(C)c(C)c(C)c5c4C)c4c(C)c(C)c(C)c(C)c34)c1-2. The molecule has 0 saturated heterocycles. The fourth-order valence-corrected chi connectivity index (χ4v) is 26.8. The molecule has 0 spiro atoms. The van der Waals surface area contributed by atoms with E-state index >= 15 is 0 Å². The third-order valence-electron chi connectivity index (χ3n) is 38.4. The normalized spacial score (nSPS) is 14.2. The van der Waals surface area contributed by atoms with Crippen molar-refractivity contribution in [2.75, 3.05) is 0 Å². The van der Waals surface area contributed by atoms with Gasteiger partial charge in [-0.15, -0.1) is 0 Å². The molecule has 128 heavy (non-hydrogen) atoms. The quantitative estimate of drug-likeness (QED) is 0.151. The predicted molar refractivity (Wildman–Crippen MR) is 568 cm³/mol. The highest BCUT2D eigenvalue weighted by atomic mass is 14.4. The van der Waals surface area contributed by atoms with Crippen LogP contribution in [0, 0.1) is 316 Å². The van der Waals surface area contributed by atoms with Crippen molar-refractivity contribution in [2.24, 2.45) is 11.8 Å². The Kier molecular flexibility index (Phi) is 22.1. The van der Waals surface area contributed by atoms with Crippen molar-refractivity contribution in [3.63, 3.8) is 0 Å². The number of hydrogen-bond acceptors (Lipinski definition) is 0. The van der Waals surface area contributed by atoms with Crippen molar-refractivity contribution in [3.05, 3.63) is 277 Å². The summed E-state index contributed by atoms with van der Waals surface area (Å²) >= 11 is 0. The summed E-state index contributed by atoms with van der Waals surface area (Å²) in [4.78, 5) is 0. The molecule has 0 heterocycles. The molecular formula is C128H150. The zero-order valence-electron chi connectivity index (χ0n) is 88.6. The van der Waals surface area contributed by atoms with Crippen molar-refractivity contribution >= 4 is 65.0 Å². The van der Waals surface area contributed by atoms with E-state index in [1.165, 1.54) is 415 Å². The Balaban J connectivity index is 0.000000190. The Bertz CT molecular complexity index is 7670. The Morgan fingerprint density at radius 1 is 0.109 bits per heavy atom. The molecule has 0 aromatic heterocycles. The fourth-order valence-electron chi connectivity index (χ4n) is 26.8. The summed E-state index contributed by atoms with van der Waals surface area (Å²) in [6.07, 6.45) is 2.01. The minimum atomic E-state index is 0.404. The van der Waals surface area contributed by atoms with Gasteiger partial charge in [0.25, 0.3) is 0 Å². The van der Waals surface area contributed by atoms with Crippen molar-refractivity contribution in [3.8, 4) is 77.9 Å². The van der Waals surface area contributed by atoms with Crippen LogP contribution in [0.15, 0.2) is 0 Å². The van der Waals surface area contributed by atoms with Crippen LogP contribution in [0.4, 0.5) is 0 Å². The van der Waals surface area contributed by atoms with Crippen molar-refractivity contribution in [2.45, 2.75) is 345 Å². The van der Waals surface area contributed by atoms with Gasteiger partial charge >= 0.3 is 0 Å². The maximum atomic E-state index is 2.51. The summed E-state index contributed by atoms with van der Waals surface area (Å²) < 4.78 is 0. The second-order valence-corrected chi connectivity index (χ2v) is 42.5. The van der Waals surface area contributed by atoms with Crippen LogP contribution in [0.1, 0.15) is 295 Å². The molecule has 0 aliphatic heterocycles. The number of benzene rings is 14. The first kappa shape index (κ1) is 91.4. The van der Waals surface area contributed by atoms with E-state index in [1.807, 2.05) is 0 Å². The van der Waals surface area contributed by atoms with Crippen molar-refractivity contribution < 1.29 is 0 Å². The molecule has 3 aliphatic carbocycles. The predicted octanol–water partition coefficient (Wildman–Crippen LogP) is 34.8. The molecule has 14 aromatic rings. The number of fused-ring (bicyclic) bond motifs is 12. The molecule has 17 rings (SSSR count). The maximum Gasteiger partial charge on any atom is -0.000766 e. The fraction of sp³-hybridized carbons (Fsp3) is 0.406. The van der Waals surface area contributed by atoms with Crippen LogP contribution in [0.3, 0.4) is 0 Å². The van der Waals surface area contributed by atoms with E-state index in [4.69, 9.17) is 0 Å². The van der Waals surface area contributed by atoms with Crippen LogP contribution in [0.2, 0.25) is 0 Å². The molecule has 0 radical (unpaired) electrons. The molecule has 2 atom stereocenters. The number of aryl methyl sites for hydroxylation is 14. The molecular weight excluding hydrogens is 1540 g/mol. The summed E-state index contributed by atoms with van der Waals surface area (Å²) in [6.45, 7) is 115. The Labute approximate surface area is 772 Å². The lowest BCUT2D eigenvalue weighted by atomic mass is 9.70. The number of hydrogen-bond donors (Lipinski definition) is 0. The average Bonchev–Trinajstić information content (AvgIpc) is 0.860. The molecule has 0 bridgehead atoms. The van der Waals surface area contributed by atoms with Gasteiger partial charge < -0.3 is 0 Å². The molecule has 662 valence electrons. The van der Waals surface area contributed by atoms with E-state index in [0.717, 1.165) is 12.8 Å². The van der Waals surface area contributed by atoms with Crippen molar-refractivity contribution in [1.29, 1.82) is 0 Å². The van der Waals surface area contributed by atoms with Crippen LogP contribution in [0.5, 0.6) is 0 Å². The van der Waals surface area contributed by atoms with Gasteiger partial charge in [0.05, 0.1) is 0 Å². The molecule has 0 heteroatoms. The average molecular weight is 1690 g/mol. The van der Waals surface area contributed by atoms with Crippen LogP contribution in [-0.4, -0.2) is 0 Å². The molecule has 14 aromatic carbocycles. The second-order valence-electron chi connectivity index (χ2n) is 42.5. The smallest absolute Gasteiger partial charge is 0.000766 e. The van der Waals surface area contributed by atoms with Gasteiger partial charge in [0.2, 0.25) is 0 Å². The minimum absolute atomic E-state index is 0.404. The van der Waals surface area contributed by atoms with E-state index in [2.05, 4.69) is 332 Å². The van der Waals surface area contributed by atoms with E-state index in [9.17, 15) is 0 Å². The molecule has 0 fully saturated rings. The zero-order chi connectivity index (χ0) is 94.4. The van der Waals surface area contributed by atoms with E-state index in [1.54, 1.807) is 5.56 Å². The maximum absolute atomic E-state index is 2.51. The highest BCUT2D eigenvalue weighted by molar-refractivity contribution is 6.28. The molecule has 0 amide bonds. The van der Waals surface area contributed by atoms with Gasteiger partial charge in [-0.25, -0.2) is 0 Å². The van der Waals surface area contributed by atoms with Crippen LogP contribution in [0.25, 0.3) is 143 Å². The summed E-state index contributed by atoms with van der Waals surface area (Å²) in [6, 6.07) is 0. The lowest BCUT2D eigenvalue weighted by Gasteiger charge is -2.33. The van der Waals surface area contributed by atoms with Gasteiger partial charge in [-0.2, -0.15) is 0 Å². The molecule has 0 N–H and O–H groups in total. The lowest BCUT2D eigenvalue weighted by Crippen LogP contribution is -2.41. The summed E-state index contributed by atoms with van der Waals surface area (Å²) in [7, 11) is 0. The first-order chi connectivity index (χ1) is 59.7. The monoisotopic (exact) mass is 1690 g/mol. The minimum Gasteiger partial charge on any atom is -0.0614 e. The molecule has 0 saturated carbocycles. The highest BCUT2D eigenvalue weighted by Crippen LogP contribution is 2.61. The number of rotatable bonds is 5. The van der Waals surface area contributed by atoms with Gasteiger partial charge in [0.15, 0.2) is 0 Å². The van der Waals surface area contributed by atoms with E-state index < -0.39 is 0 Å². The Morgan fingerprint density at radius 3 is 0.531 bits per heavy atom. The molecule has 2 unspecified atom stereocenters. The summed E-state index contributed by atoms with van der Waals surface area (Å²) in [5.41, 5.74) is 92.6. The third-order valence-corrected chi connectivity index (χ3v) is 38.4. The first-order valence-corrected chi connectivity index (χ1v) is 48.5. The van der Waals surface area contributed by atoms with Gasteiger partial charge in [0, 0.05) is 0 Å². The van der Waals surface area contributed by atoms with Gasteiger partial charge in [0.1, 0.15) is 0 Å². The van der Waals surface area contributed by atoms with E-state index in [-0.39, 0.29) is 0 Å². The third kappa shape index (κ3) is 11.7. The molecule has 3 aliphatic rings. The molecule has 0 nitrogen and oxygen atoms in total. The Morgan fingerprint density at radius 2 is 0.250 bits per heavy atom. The largest absolute Gasteiger partial charge is 0.0614 e. The standard InChI is InChI=1S/C69H82.C59H68/c1-28-30(3)40(13)56(41(14)31(28)4)57-48(21)49(22)59-53(26)60(51(24)50(23)58(59)52(57)25)68-62-43(16)33(6)35(8)45(18)64(62)69(65-46(19)36(9)34(7)44(17)63(65)68)66-47(20)37(10)39(12)55-27-54-38(11)29(2)32(5)42(15)61(54)67(55)66;1-24-25(2)37(14)51-46(33(24)10)23-47-34(11)32(9)42(19)56(57(47)51)59-54-40(17)30(7)28(5)38(15)52(54)58(53-39(16)29(6)31(8)41(18)55(53)59)50-44(21)43(20)48-35(12)26(3)27(4)36(13)49(48)45(50)22/h33,35H,27H2,1-26H3;23H2,1-22H3. The van der Waals surface area contributed by atoms with Gasteiger partial charge in [-0.1, -0.05) is 25.0 Å². The zero-order valence-corrected chi connectivity index (χ0v) is 88.6. The van der Waals surface area contributed by atoms with Crippen LogP contribution >= 0.6 is 0 Å². The summed E-state index contributed by atoms with van der Waals surface area (Å²) in [5, 5.41) is 17.5. The highest BCUT2D eigenvalue weighted by Gasteiger charge is 2.40. The van der Waals surface area contributed by atoms with Crippen LogP contribution < -0.4 is 10.4 Å². The van der Waals surface area contributed by atoms with E-state index in [0.29, 0.717) is 11.8 Å². The Hall–Kier alpha value is -9.88. The first-order valence-electron chi connectivity index (χ1n) is 48.5. The van der Waals surface area contributed by atoms with Gasteiger partial charge in [-0.3, -0.25) is 0 Å². The topological polar surface area (TPSA) is 0 Å². The lowest BCUT2D eigenvalue weighted by molar-refractivity contribution is 0.570. The van der Waals surface area contributed by atoms with Crippen LogP contribution in [-0.2, 0) is 12.8 Å². The van der Waals surface area contributed by atoms with Crippen molar-refractivity contribution in [1.82, 2.24) is 0 Å². The summed E-state index contributed by atoms with van der Waals surface area (Å²) in [5.74, 6) is 0.809.